The Kier molecular flexibility index (Phi) is 3.63. The summed E-state index contributed by atoms with van der Waals surface area (Å²) < 4.78 is 0. The van der Waals surface area contributed by atoms with Crippen molar-refractivity contribution in [1.29, 1.82) is 0 Å². The summed E-state index contributed by atoms with van der Waals surface area (Å²) in [5.74, 6) is 0.289. The van der Waals surface area contributed by atoms with Crippen LogP contribution < -0.4 is 4.90 Å². The number of rotatable bonds is 2. The molecule has 0 spiro atoms. The minimum Gasteiger partial charge on any atom is -0.293 e. The summed E-state index contributed by atoms with van der Waals surface area (Å²) in [6, 6.07) is 0. The number of hydrogen-bond acceptors (Lipinski definition) is 5. The molecule has 1 amide bonds. The second kappa shape index (κ2) is 5.01. The van der Waals surface area contributed by atoms with Crippen LogP contribution in [0.4, 0.5) is 5.82 Å². The van der Waals surface area contributed by atoms with Crippen molar-refractivity contribution < 1.29 is 9.59 Å². The van der Waals surface area contributed by atoms with Gasteiger partial charge in [-0.1, -0.05) is 23.4 Å². The summed E-state index contributed by atoms with van der Waals surface area (Å²) in [5.41, 5.74) is 0. The molecule has 0 saturated carbocycles. The van der Waals surface area contributed by atoms with Gasteiger partial charge in [0.2, 0.25) is 5.91 Å². The molecule has 1 fully saturated rings. The van der Waals surface area contributed by atoms with Gasteiger partial charge in [-0.25, -0.2) is 9.97 Å². The zero-order chi connectivity index (χ0) is 12.4. The van der Waals surface area contributed by atoms with Crippen LogP contribution in [0.25, 0.3) is 0 Å². The first-order valence-electron chi connectivity index (χ1n) is 5.02. The number of anilines is 1. The van der Waals surface area contributed by atoms with E-state index in [2.05, 4.69) is 9.97 Å². The van der Waals surface area contributed by atoms with E-state index < -0.39 is 0 Å². The van der Waals surface area contributed by atoms with E-state index in [1.54, 1.807) is 0 Å². The van der Waals surface area contributed by atoms with Gasteiger partial charge < -0.3 is 0 Å². The van der Waals surface area contributed by atoms with Gasteiger partial charge in [-0.2, -0.15) is 0 Å². The molecule has 2 rings (SSSR count). The molecule has 2 heterocycles. The van der Waals surface area contributed by atoms with Crippen LogP contribution in [-0.4, -0.2) is 32.8 Å². The Hall–Kier alpha value is -1.14. The number of halogens is 1. The monoisotopic (exact) mass is 271 g/mol. The van der Waals surface area contributed by atoms with Gasteiger partial charge in [-0.15, -0.1) is 0 Å². The normalized spacial score (nSPS) is 19.8. The number of thioether (sulfide) groups is 1. The highest BCUT2D eigenvalue weighted by atomic mass is 35.5. The quantitative estimate of drug-likeness (QED) is 0.816. The van der Waals surface area contributed by atoms with E-state index in [4.69, 9.17) is 11.6 Å². The van der Waals surface area contributed by atoms with Gasteiger partial charge in [0, 0.05) is 37.5 Å². The van der Waals surface area contributed by atoms with Gasteiger partial charge in [0.15, 0.2) is 16.1 Å². The van der Waals surface area contributed by atoms with Crippen LogP contribution in [0.15, 0.2) is 12.4 Å². The lowest BCUT2D eigenvalue weighted by Gasteiger charge is -2.15. The first-order valence-corrected chi connectivity index (χ1v) is 6.28. The molecule has 1 aliphatic heterocycles. The SMILES string of the molecule is CC(=O)SC1CC(=O)N(c2nccnc2Cl)C1. The van der Waals surface area contributed by atoms with Crippen LogP contribution in [0.2, 0.25) is 5.15 Å². The van der Waals surface area contributed by atoms with Gasteiger partial charge in [0.1, 0.15) is 0 Å². The average Bonchev–Trinajstić information content (AvgIpc) is 2.59. The minimum atomic E-state index is -0.0776. The predicted molar refractivity (Wildman–Crippen MR) is 66.1 cm³/mol. The molecule has 0 aromatic carbocycles. The van der Waals surface area contributed by atoms with Crippen molar-refractivity contribution in [2.24, 2.45) is 0 Å². The number of amides is 1. The van der Waals surface area contributed by atoms with Gasteiger partial charge in [0.25, 0.3) is 0 Å². The zero-order valence-electron chi connectivity index (χ0n) is 9.09. The molecule has 0 radical (unpaired) electrons. The summed E-state index contributed by atoms with van der Waals surface area (Å²) in [7, 11) is 0. The van der Waals surface area contributed by atoms with Gasteiger partial charge in [-0.05, 0) is 0 Å². The molecule has 1 aliphatic rings. The molecular formula is C10H10ClN3O2S. The van der Waals surface area contributed by atoms with E-state index in [0.29, 0.717) is 18.8 Å². The molecule has 5 nitrogen and oxygen atoms in total. The third kappa shape index (κ3) is 2.76. The Morgan fingerprint density at radius 2 is 2.24 bits per heavy atom. The van der Waals surface area contributed by atoms with Crippen molar-refractivity contribution >= 4 is 40.2 Å². The maximum atomic E-state index is 11.8. The van der Waals surface area contributed by atoms with E-state index in [1.165, 1.54) is 36.0 Å². The number of carbonyl (C=O) groups is 2. The van der Waals surface area contributed by atoms with Gasteiger partial charge >= 0.3 is 0 Å². The third-order valence-electron chi connectivity index (χ3n) is 2.31. The lowest BCUT2D eigenvalue weighted by Crippen LogP contribution is -2.26. The van der Waals surface area contributed by atoms with Gasteiger partial charge in [-0.3, -0.25) is 14.5 Å². The van der Waals surface area contributed by atoms with Crippen molar-refractivity contribution in [3.05, 3.63) is 17.5 Å². The lowest BCUT2D eigenvalue weighted by molar-refractivity contribution is -0.117. The highest BCUT2D eigenvalue weighted by Crippen LogP contribution is 2.30. The molecule has 1 saturated heterocycles. The van der Waals surface area contributed by atoms with E-state index in [0.717, 1.165) is 0 Å². The van der Waals surface area contributed by atoms with Crippen LogP contribution in [-0.2, 0) is 9.59 Å². The van der Waals surface area contributed by atoms with Crippen molar-refractivity contribution in [2.75, 3.05) is 11.4 Å². The minimum absolute atomic E-state index is 0.00916. The molecule has 0 bridgehead atoms. The number of aromatic nitrogens is 2. The van der Waals surface area contributed by atoms with Crippen LogP contribution in [0.5, 0.6) is 0 Å². The maximum Gasteiger partial charge on any atom is 0.229 e. The fourth-order valence-corrected chi connectivity index (χ4v) is 2.81. The van der Waals surface area contributed by atoms with Crippen LogP contribution in [0.3, 0.4) is 0 Å². The predicted octanol–water partition coefficient (Wildman–Crippen LogP) is 1.51. The molecule has 17 heavy (non-hydrogen) atoms. The van der Waals surface area contributed by atoms with Crippen LogP contribution in [0.1, 0.15) is 13.3 Å². The smallest absolute Gasteiger partial charge is 0.229 e. The zero-order valence-corrected chi connectivity index (χ0v) is 10.7. The Morgan fingerprint density at radius 1 is 1.53 bits per heavy atom. The standard InChI is InChI=1S/C10H10ClN3O2S/c1-6(15)17-7-4-8(16)14(5-7)10-9(11)12-2-3-13-10/h2-3,7H,4-5H2,1H3. The highest BCUT2D eigenvalue weighted by Gasteiger charge is 2.33. The van der Waals surface area contributed by atoms with E-state index >= 15 is 0 Å². The molecule has 0 aliphatic carbocycles. The van der Waals surface area contributed by atoms with Crippen LogP contribution in [0, 0.1) is 0 Å². The third-order valence-corrected chi connectivity index (χ3v) is 3.56. The second-order valence-electron chi connectivity index (χ2n) is 3.61. The molecule has 1 atom stereocenters. The first-order chi connectivity index (χ1) is 8.08. The van der Waals surface area contributed by atoms with Crippen LogP contribution >= 0.6 is 23.4 Å². The van der Waals surface area contributed by atoms with E-state index in [1.807, 2.05) is 0 Å². The second-order valence-corrected chi connectivity index (χ2v) is 5.45. The molecule has 1 aromatic heterocycles. The number of nitrogens with zero attached hydrogens (tertiary/aromatic N) is 3. The summed E-state index contributed by atoms with van der Waals surface area (Å²) in [5, 5.41) is 0.183. The fraction of sp³-hybridized carbons (Fsp3) is 0.400. The molecule has 0 N–H and O–H groups in total. The highest BCUT2D eigenvalue weighted by molar-refractivity contribution is 8.14. The van der Waals surface area contributed by atoms with E-state index in [9.17, 15) is 9.59 Å². The Labute approximate surface area is 108 Å². The summed E-state index contributed by atoms with van der Waals surface area (Å²) in [6.07, 6.45) is 3.28. The van der Waals surface area contributed by atoms with Crippen molar-refractivity contribution in [3.63, 3.8) is 0 Å². The summed E-state index contributed by atoms with van der Waals surface area (Å²) >= 11 is 7.06. The Bertz CT molecular complexity index is 469. The molecular weight excluding hydrogens is 262 g/mol. The maximum absolute atomic E-state index is 11.8. The van der Waals surface area contributed by atoms with Crippen molar-refractivity contribution in [1.82, 2.24) is 9.97 Å². The largest absolute Gasteiger partial charge is 0.293 e. The summed E-state index contributed by atoms with van der Waals surface area (Å²) in [4.78, 5) is 32.2. The molecule has 1 aromatic rings. The molecule has 1 unspecified atom stereocenters. The lowest BCUT2D eigenvalue weighted by atomic mass is 10.4. The molecule has 7 heteroatoms. The topological polar surface area (TPSA) is 63.2 Å². The first kappa shape index (κ1) is 12.3. The fourth-order valence-electron chi connectivity index (χ4n) is 1.69. The Morgan fingerprint density at radius 3 is 2.88 bits per heavy atom. The summed E-state index contributed by atoms with van der Waals surface area (Å²) in [6.45, 7) is 1.94. The van der Waals surface area contributed by atoms with E-state index in [-0.39, 0.29) is 21.4 Å². The Balaban J connectivity index is 2.16. The van der Waals surface area contributed by atoms with Gasteiger partial charge in [0.05, 0.1) is 0 Å². The van der Waals surface area contributed by atoms with Crippen molar-refractivity contribution in [2.45, 2.75) is 18.6 Å². The van der Waals surface area contributed by atoms with Crippen molar-refractivity contribution in [3.8, 4) is 0 Å². The number of hydrogen-bond donors (Lipinski definition) is 0. The average molecular weight is 272 g/mol. The molecule has 90 valence electrons. The number of carbonyl (C=O) groups excluding carboxylic acids is 2.